The molecule has 1 aromatic carbocycles. The van der Waals surface area contributed by atoms with Crippen LogP contribution >= 0.6 is 27.5 Å². The van der Waals surface area contributed by atoms with Gasteiger partial charge in [-0.15, -0.1) is 0 Å². The molecule has 0 aliphatic rings. The Bertz CT molecular complexity index is 326. The van der Waals surface area contributed by atoms with Gasteiger partial charge in [0.25, 0.3) is 0 Å². The number of halogens is 2. The van der Waals surface area contributed by atoms with Crippen molar-refractivity contribution in [3.05, 3.63) is 33.8 Å². The highest BCUT2D eigenvalue weighted by Crippen LogP contribution is 2.26. The van der Waals surface area contributed by atoms with Gasteiger partial charge >= 0.3 is 0 Å². The molecule has 0 saturated carbocycles. The number of aryl methyl sites for hydroxylation is 2. The lowest BCUT2D eigenvalue weighted by Gasteiger charge is -2.11. The average molecular weight is 276 g/mol. The molecule has 76 valence electrons. The molecule has 0 saturated heterocycles. The summed E-state index contributed by atoms with van der Waals surface area (Å²) in [7, 11) is 0. The van der Waals surface area contributed by atoms with E-state index in [1.807, 2.05) is 26.0 Å². The Kier molecular flexibility index (Phi) is 4.14. The number of benzene rings is 1. The topological polar surface area (TPSA) is 17.1 Å². The molecule has 0 fully saturated rings. The van der Waals surface area contributed by atoms with E-state index >= 15 is 0 Å². The minimum Gasteiger partial charge on any atom is -0.303 e. The van der Waals surface area contributed by atoms with Gasteiger partial charge in [0, 0.05) is 16.3 Å². The van der Waals surface area contributed by atoms with Crippen LogP contribution < -0.4 is 0 Å². The molecule has 1 nitrogen and oxygen atoms in total. The number of hydrogen-bond acceptors (Lipinski definition) is 1. The smallest absolute Gasteiger partial charge is 0.128 e. The summed E-state index contributed by atoms with van der Waals surface area (Å²) in [5.74, 6) is -0.0790. The molecule has 0 N–H and O–H groups in total. The summed E-state index contributed by atoms with van der Waals surface area (Å²) in [4.78, 5) is 10.8. The highest BCUT2D eigenvalue weighted by Gasteiger charge is 2.11. The molecule has 1 rings (SSSR count). The molecular weight excluding hydrogens is 263 g/mol. The van der Waals surface area contributed by atoms with Gasteiger partial charge in [-0.05, 0) is 30.5 Å². The zero-order valence-corrected chi connectivity index (χ0v) is 10.5. The maximum absolute atomic E-state index is 10.8. The van der Waals surface area contributed by atoms with Crippen molar-refractivity contribution in [2.24, 2.45) is 0 Å². The molecule has 0 heterocycles. The van der Waals surface area contributed by atoms with Crippen LogP contribution in [0.25, 0.3) is 0 Å². The predicted octanol–water partition coefficient (Wildman–Crippen LogP) is 3.63. The summed E-state index contributed by atoms with van der Waals surface area (Å²) in [6.45, 7) is 3.91. The zero-order valence-electron chi connectivity index (χ0n) is 8.18. The minimum atomic E-state index is -0.0790. The lowest BCUT2D eigenvalue weighted by molar-refractivity contribution is -0.108. The minimum absolute atomic E-state index is 0.0790. The molecule has 0 spiro atoms. The van der Waals surface area contributed by atoms with E-state index in [0.29, 0.717) is 5.33 Å². The molecule has 1 aromatic rings. The van der Waals surface area contributed by atoms with E-state index in [9.17, 15) is 4.79 Å². The second-order valence-corrected chi connectivity index (χ2v) is 4.39. The van der Waals surface area contributed by atoms with E-state index in [0.717, 1.165) is 28.0 Å². The number of rotatable bonds is 3. The van der Waals surface area contributed by atoms with Gasteiger partial charge in [0.1, 0.15) is 6.29 Å². The summed E-state index contributed by atoms with van der Waals surface area (Å²) in [6, 6.07) is 3.94. The molecule has 0 aliphatic heterocycles. The number of aldehydes is 1. The monoisotopic (exact) mass is 274 g/mol. The Hall–Kier alpha value is -0.340. The van der Waals surface area contributed by atoms with Crippen molar-refractivity contribution in [2.75, 3.05) is 5.33 Å². The van der Waals surface area contributed by atoms with Crippen molar-refractivity contribution < 1.29 is 4.79 Å². The summed E-state index contributed by atoms with van der Waals surface area (Å²) >= 11 is 9.36. The fraction of sp³-hybridized carbons (Fsp3) is 0.364. The first-order valence-corrected chi connectivity index (χ1v) is 5.88. The van der Waals surface area contributed by atoms with Crippen LogP contribution in [0, 0.1) is 13.8 Å². The third kappa shape index (κ3) is 2.37. The number of carbonyl (C=O) groups is 1. The lowest BCUT2D eigenvalue weighted by Crippen LogP contribution is -2.02. The van der Waals surface area contributed by atoms with Gasteiger partial charge in [-0.25, -0.2) is 0 Å². The van der Waals surface area contributed by atoms with Gasteiger partial charge < -0.3 is 4.79 Å². The van der Waals surface area contributed by atoms with Crippen LogP contribution in [-0.2, 0) is 4.79 Å². The molecule has 3 heteroatoms. The highest BCUT2D eigenvalue weighted by molar-refractivity contribution is 9.09. The lowest BCUT2D eigenvalue weighted by atomic mass is 9.98. The first-order chi connectivity index (χ1) is 6.60. The predicted molar refractivity (Wildman–Crippen MR) is 63.5 cm³/mol. The van der Waals surface area contributed by atoms with Crippen LogP contribution in [-0.4, -0.2) is 11.6 Å². The van der Waals surface area contributed by atoms with E-state index in [-0.39, 0.29) is 5.92 Å². The Morgan fingerprint density at radius 1 is 1.43 bits per heavy atom. The molecule has 14 heavy (non-hydrogen) atoms. The van der Waals surface area contributed by atoms with E-state index < -0.39 is 0 Å². The fourth-order valence-corrected chi connectivity index (χ4v) is 2.03. The molecule has 0 aromatic heterocycles. The SMILES string of the molecule is Cc1cc(C(C=O)CBr)cc(C)c1Cl. The molecule has 0 amide bonds. The number of alkyl halides is 1. The second kappa shape index (κ2) is 4.94. The third-order valence-electron chi connectivity index (χ3n) is 2.22. The van der Waals surface area contributed by atoms with Gasteiger partial charge in [-0.3, -0.25) is 0 Å². The van der Waals surface area contributed by atoms with Gasteiger partial charge in [-0.2, -0.15) is 0 Å². The van der Waals surface area contributed by atoms with Crippen molar-refractivity contribution >= 4 is 33.8 Å². The maximum atomic E-state index is 10.8. The largest absolute Gasteiger partial charge is 0.303 e. The van der Waals surface area contributed by atoms with Crippen LogP contribution in [0.3, 0.4) is 0 Å². The molecule has 1 unspecified atom stereocenters. The Morgan fingerprint density at radius 3 is 2.29 bits per heavy atom. The molecule has 1 atom stereocenters. The quantitative estimate of drug-likeness (QED) is 0.608. The average Bonchev–Trinajstić information content (AvgIpc) is 2.16. The van der Waals surface area contributed by atoms with Crippen LogP contribution in [0.2, 0.25) is 5.02 Å². The van der Waals surface area contributed by atoms with Crippen LogP contribution in [0.5, 0.6) is 0 Å². The van der Waals surface area contributed by atoms with Crippen LogP contribution in [0.4, 0.5) is 0 Å². The summed E-state index contributed by atoms with van der Waals surface area (Å²) in [6.07, 6.45) is 0.955. The first kappa shape index (κ1) is 11.7. The van der Waals surface area contributed by atoms with Crippen molar-refractivity contribution in [3.63, 3.8) is 0 Å². The van der Waals surface area contributed by atoms with E-state index in [1.165, 1.54) is 0 Å². The summed E-state index contributed by atoms with van der Waals surface area (Å²) in [5.41, 5.74) is 3.07. The second-order valence-electron chi connectivity index (χ2n) is 3.37. The maximum Gasteiger partial charge on any atom is 0.128 e. The molecule has 0 radical (unpaired) electrons. The Labute approximate surface area is 97.6 Å². The third-order valence-corrected chi connectivity index (χ3v) is 3.51. The summed E-state index contributed by atoms with van der Waals surface area (Å²) < 4.78 is 0. The van der Waals surface area contributed by atoms with E-state index in [2.05, 4.69) is 15.9 Å². The summed E-state index contributed by atoms with van der Waals surface area (Å²) in [5, 5.41) is 1.43. The Morgan fingerprint density at radius 2 is 1.93 bits per heavy atom. The standard InChI is InChI=1S/C11H12BrClO/c1-7-3-9(10(5-12)6-14)4-8(2)11(7)13/h3-4,6,10H,5H2,1-2H3. The van der Waals surface area contributed by atoms with Crippen LogP contribution in [0.15, 0.2) is 12.1 Å². The van der Waals surface area contributed by atoms with Gasteiger partial charge in [0.2, 0.25) is 0 Å². The first-order valence-electron chi connectivity index (χ1n) is 4.38. The zero-order chi connectivity index (χ0) is 10.7. The van der Waals surface area contributed by atoms with E-state index in [4.69, 9.17) is 11.6 Å². The van der Waals surface area contributed by atoms with Crippen molar-refractivity contribution in [1.29, 1.82) is 0 Å². The van der Waals surface area contributed by atoms with Crippen LogP contribution in [0.1, 0.15) is 22.6 Å². The van der Waals surface area contributed by atoms with Gasteiger partial charge in [0.15, 0.2) is 0 Å². The molecular formula is C11H12BrClO. The normalized spacial score (nSPS) is 12.6. The molecule has 0 aliphatic carbocycles. The Balaban J connectivity index is 3.17. The highest BCUT2D eigenvalue weighted by atomic mass is 79.9. The van der Waals surface area contributed by atoms with Gasteiger partial charge in [-0.1, -0.05) is 39.7 Å². The van der Waals surface area contributed by atoms with Crippen molar-refractivity contribution in [3.8, 4) is 0 Å². The van der Waals surface area contributed by atoms with Gasteiger partial charge in [0.05, 0.1) is 0 Å². The number of carbonyl (C=O) groups excluding carboxylic acids is 1. The van der Waals surface area contributed by atoms with Crippen molar-refractivity contribution in [1.82, 2.24) is 0 Å². The fourth-order valence-electron chi connectivity index (χ4n) is 1.40. The number of hydrogen-bond donors (Lipinski definition) is 0. The molecule has 0 bridgehead atoms. The van der Waals surface area contributed by atoms with E-state index in [1.54, 1.807) is 0 Å². The van der Waals surface area contributed by atoms with Crippen molar-refractivity contribution in [2.45, 2.75) is 19.8 Å².